The summed E-state index contributed by atoms with van der Waals surface area (Å²) in [5.41, 5.74) is 0. The van der Waals surface area contributed by atoms with Crippen molar-refractivity contribution >= 4 is 28.5 Å². The van der Waals surface area contributed by atoms with Gasteiger partial charge in [0.25, 0.3) is 5.91 Å². The molecule has 0 bridgehead atoms. The van der Waals surface area contributed by atoms with Crippen LogP contribution in [0.3, 0.4) is 0 Å². The Kier molecular flexibility index (Phi) is 8.68. The molecule has 0 radical (unpaired) electrons. The second kappa shape index (κ2) is 8.85. The fourth-order valence-electron chi connectivity index (χ4n) is 0.841. The topological polar surface area (TPSA) is 29.1 Å². The minimum Gasteiger partial charge on any atom is -0.345 e. The van der Waals surface area contributed by atoms with Crippen molar-refractivity contribution in [1.82, 2.24) is 5.32 Å². The monoisotopic (exact) mass is 279 g/mol. The third-order valence-electron chi connectivity index (χ3n) is 1.48. The molecule has 0 aromatic rings. The third kappa shape index (κ3) is 7.86. The summed E-state index contributed by atoms with van der Waals surface area (Å²) in [5.74, 6) is 2.26. The van der Waals surface area contributed by atoms with Crippen LogP contribution in [-0.4, -0.2) is 12.5 Å². The molecular formula is C9H14INO. The second-order valence-electron chi connectivity index (χ2n) is 2.54. The van der Waals surface area contributed by atoms with E-state index in [2.05, 4.69) is 22.1 Å². The molecule has 3 heteroatoms. The van der Waals surface area contributed by atoms with E-state index >= 15 is 0 Å². The van der Waals surface area contributed by atoms with Crippen LogP contribution in [0.2, 0.25) is 0 Å². The number of amides is 1. The number of hydrogen-bond acceptors (Lipinski definition) is 1. The van der Waals surface area contributed by atoms with Gasteiger partial charge in [0.1, 0.15) is 0 Å². The summed E-state index contributed by atoms with van der Waals surface area (Å²) in [7, 11) is 0. The Hall–Kier alpha value is -0.240. The largest absolute Gasteiger partial charge is 0.345 e. The van der Waals surface area contributed by atoms with Crippen molar-refractivity contribution in [3.8, 4) is 9.85 Å². The summed E-state index contributed by atoms with van der Waals surface area (Å²) in [5, 5.41) is 2.73. The lowest BCUT2D eigenvalue weighted by molar-refractivity contribution is -0.115. The van der Waals surface area contributed by atoms with Gasteiger partial charge in [0.15, 0.2) is 0 Å². The first-order chi connectivity index (χ1) is 5.81. The number of carbonyl (C=O) groups is 1. The van der Waals surface area contributed by atoms with Gasteiger partial charge in [0.2, 0.25) is 0 Å². The van der Waals surface area contributed by atoms with E-state index in [-0.39, 0.29) is 5.91 Å². The van der Waals surface area contributed by atoms with Gasteiger partial charge in [-0.1, -0.05) is 26.2 Å². The summed E-state index contributed by atoms with van der Waals surface area (Å²) in [6.45, 7) is 2.92. The molecule has 12 heavy (non-hydrogen) atoms. The maximum Gasteiger partial charge on any atom is 0.296 e. The van der Waals surface area contributed by atoms with Crippen molar-refractivity contribution in [2.24, 2.45) is 0 Å². The highest BCUT2D eigenvalue weighted by atomic mass is 127. The van der Waals surface area contributed by atoms with Crippen molar-refractivity contribution in [2.45, 2.75) is 32.6 Å². The Morgan fingerprint density at radius 3 is 2.75 bits per heavy atom. The van der Waals surface area contributed by atoms with Crippen LogP contribution < -0.4 is 5.32 Å². The molecule has 0 spiro atoms. The number of nitrogens with one attached hydrogen (secondary N) is 1. The summed E-state index contributed by atoms with van der Waals surface area (Å²) in [6.07, 6.45) is 4.71. The van der Waals surface area contributed by atoms with Gasteiger partial charge in [-0.05, 0) is 10.3 Å². The molecule has 2 nitrogen and oxygen atoms in total. The van der Waals surface area contributed by atoms with E-state index in [1.54, 1.807) is 0 Å². The first kappa shape index (κ1) is 11.8. The number of rotatable bonds is 5. The van der Waals surface area contributed by atoms with E-state index in [0.29, 0.717) is 0 Å². The van der Waals surface area contributed by atoms with Crippen LogP contribution in [0.1, 0.15) is 32.6 Å². The summed E-state index contributed by atoms with van der Waals surface area (Å²) in [6, 6.07) is 0. The second-order valence-corrected chi connectivity index (χ2v) is 3.08. The van der Waals surface area contributed by atoms with E-state index in [1.165, 1.54) is 19.3 Å². The van der Waals surface area contributed by atoms with E-state index in [4.69, 9.17) is 0 Å². The first-order valence-electron chi connectivity index (χ1n) is 4.20. The van der Waals surface area contributed by atoms with Gasteiger partial charge in [-0.25, -0.2) is 0 Å². The Morgan fingerprint density at radius 2 is 2.17 bits per heavy atom. The lowest BCUT2D eigenvalue weighted by Gasteiger charge is -1.99. The molecule has 1 N–H and O–H groups in total. The lowest BCUT2D eigenvalue weighted by Crippen LogP contribution is -2.22. The Bertz CT molecular complexity index is 181. The zero-order valence-electron chi connectivity index (χ0n) is 7.32. The average Bonchev–Trinajstić information content (AvgIpc) is 2.05. The Balaban J connectivity index is 3.18. The highest BCUT2D eigenvalue weighted by Crippen LogP contribution is 1.96. The summed E-state index contributed by atoms with van der Waals surface area (Å²) >= 11 is 1.86. The van der Waals surface area contributed by atoms with Crippen LogP contribution in [-0.2, 0) is 4.79 Å². The van der Waals surface area contributed by atoms with Crippen molar-refractivity contribution in [2.75, 3.05) is 6.54 Å². The average molecular weight is 279 g/mol. The Labute approximate surface area is 87.6 Å². The van der Waals surface area contributed by atoms with Crippen LogP contribution in [0.4, 0.5) is 0 Å². The van der Waals surface area contributed by atoms with Crippen molar-refractivity contribution < 1.29 is 4.79 Å². The van der Waals surface area contributed by atoms with E-state index in [0.717, 1.165) is 13.0 Å². The molecule has 0 saturated carbocycles. The fourth-order valence-corrected chi connectivity index (χ4v) is 1.09. The number of carbonyl (C=O) groups excluding carboxylic acids is 1. The highest BCUT2D eigenvalue weighted by molar-refractivity contribution is 14.1. The predicted octanol–water partition coefficient (Wildman–Crippen LogP) is 2.08. The van der Waals surface area contributed by atoms with Crippen LogP contribution in [0, 0.1) is 9.85 Å². The standard InChI is InChI=1S/C9H14INO/c1-2-3-4-5-8-11-9(12)6-7-10/h2-5,8H2,1H3,(H,11,12). The molecule has 0 saturated heterocycles. The number of hydrogen-bond donors (Lipinski definition) is 1. The molecule has 0 aliphatic heterocycles. The number of halogens is 1. The molecule has 0 aromatic heterocycles. The minimum atomic E-state index is -0.166. The quantitative estimate of drug-likeness (QED) is 0.466. The van der Waals surface area contributed by atoms with Gasteiger partial charge in [0.05, 0.1) is 0 Å². The smallest absolute Gasteiger partial charge is 0.296 e. The van der Waals surface area contributed by atoms with Crippen LogP contribution in [0.25, 0.3) is 0 Å². The fraction of sp³-hybridized carbons (Fsp3) is 0.667. The lowest BCUT2D eigenvalue weighted by atomic mass is 10.2. The maximum absolute atomic E-state index is 10.8. The van der Waals surface area contributed by atoms with Gasteiger partial charge in [-0.15, -0.1) is 0 Å². The molecule has 0 aliphatic carbocycles. The van der Waals surface area contributed by atoms with E-state index in [9.17, 15) is 4.79 Å². The zero-order valence-corrected chi connectivity index (χ0v) is 9.48. The van der Waals surface area contributed by atoms with E-state index in [1.807, 2.05) is 22.6 Å². The highest BCUT2D eigenvalue weighted by Gasteiger charge is 1.92. The molecule has 0 rings (SSSR count). The van der Waals surface area contributed by atoms with Crippen LogP contribution >= 0.6 is 22.6 Å². The van der Waals surface area contributed by atoms with Crippen LogP contribution in [0.15, 0.2) is 0 Å². The molecule has 0 fully saturated rings. The van der Waals surface area contributed by atoms with E-state index < -0.39 is 0 Å². The van der Waals surface area contributed by atoms with Crippen molar-refractivity contribution in [1.29, 1.82) is 0 Å². The van der Waals surface area contributed by atoms with Crippen molar-refractivity contribution in [3.63, 3.8) is 0 Å². The first-order valence-corrected chi connectivity index (χ1v) is 5.28. The molecule has 0 heterocycles. The molecule has 1 amide bonds. The van der Waals surface area contributed by atoms with Crippen molar-refractivity contribution in [3.05, 3.63) is 0 Å². The van der Waals surface area contributed by atoms with Gasteiger partial charge >= 0.3 is 0 Å². The normalized spacial score (nSPS) is 8.50. The zero-order chi connectivity index (χ0) is 9.23. The van der Waals surface area contributed by atoms with Gasteiger partial charge < -0.3 is 5.32 Å². The molecular weight excluding hydrogens is 265 g/mol. The van der Waals surface area contributed by atoms with Gasteiger partial charge in [-0.3, -0.25) is 4.79 Å². The van der Waals surface area contributed by atoms with Gasteiger partial charge in [0, 0.05) is 35.1 Å². The molecule has 68 valence electrons. The molecule has 0 aromatic carbocycles. The predicted molar refractivity (Wildman–Crippen MR) is 58.9 cm³/mol. The summed E-state index contributed by atoms with van der Waals surface area (Å²) in [4.78, 5) is 10.8. The van der Waals surface area contributed by atoms with Gasteiger partial charge in [-0.2, -0.15) is 0 Å². The minimum absolute atomic E-state index is 0.166. The molecule has 0 aliphatic rings. The Morgan fingerprint density at radius 1 is 1.42 bits per heavy atom. The molecule has 0 atom stereocenters. The molecule has 0 unspecified atom stereocenters. The summed E-state index contributed by atoms with van der Waals surface area (Å²) < 4.78 is 2.53. The number of unbranched alkanes of at least 4 members (excludes halogenated alkanes) is 3. The SMILES string of the molecule is CCCCCCNC(=O)C#CI. The third-order valence-corrected chi connectivity index (χ3v) is 1.75. The van der Waals surface area contributed by atoms with Crippen LogP contribution in [0.5, 0.6) is 0 Å². The maximum atomic E-state index is 10.8.